The summed E-state index contributed by atoms with van der Waals surface area (Å²) in [5, 5.41) is 12.6. The van der Waals surface area contributed by atoms with Gasteiger partial charge in [-0.25, -0.2) is 0 Å². The third-order valence-electron chi connectivity index (χ3n) is 7.56. The van der Waals surface area contributed by atoms with Crippen LogP contribution >= 0.6 is 0 Å². The number of rotatable bonds is 5. The van der Waals surface area contributed by atoms with Crippen LogP contribution in [-0.2, 0) is 33.2 Å². The second-order valence-corrected chi connectivity index (χ2v) is 9.76. The van der Waals surface area contributed by atoms with E-state index in [9.17, 15) is 14.4 Å². The quantitative estimate of drug-likeness (QED) is 0.457. The summed E-state index contributed by atoms with van der Waals surface area (Å²) in [7, 11) is 1.66. The predicted molar refractivity (Wildman–Crippen MR) is 142 cm³/mol. The van der Waals surface area contributed by atoms with Crippen LogP contribution in [0.4, 0.5) is 11.4 Å². The smallest absolute Gasteiger partial charge is 0.274 e. The molecule has 3 N–H and O–H groups in total. The Kier molecular flexibility index (Phi) is 5.92. The number of allylic oxidation sites excluding steroid dienone is 3. The minimum absolute atomic E-state index is 0.0318. The zero-order chi connectivity index (χ0) is 26.3. The lowest BCUT2D eigenvalue weighted by Gasteiger charge is -2.31. The molecule has 9 heteroatoms. The molecule has 0 bridgehead atoms. The lowest BCUT2D eigenvalue weighted by Crippen LogP contribution is -2.39. The number of carbonyl (C=O) groups is 3. The van der Waals surface area contributed by atoms with Crippen LogP contribution in [-0.4, -0.2) is 40.7 Å². The van der Waals surface area contributed by atoms with Gasteiger partial charge in [-0.3, -0.25) is 19.1 Å². The highest BCUT2D eigenvalue weighted by atomic mass is 16.5. The summed E-state index contributed by atoms with van der Waals surface area (Å²) in [6.45, 7) is 1.08. The van der Waals surface area contributed by atoms with Gasteiger partial charge >= 0.3 is 0 Å². The molecule has 1 saturated heterocycles. The van der Waals surface area contributed by atoms with Crippen LogP contribution in [0.15, 0.2) is 72.6 Å². The first-order chi connectivity index (χ1) is 18.4. The molecule has 3 amide bonds. The van der Waals surface area contributed by atoms with E-state index in [0.717, 1.165) is 23.1 Å². The van der Waals surface area contributed by atoms with Crippen LogP contribution < -0.4 is 16.0 Å². The Morgan fingerprint density at radius 2 is 1.95 bits per heavy atom. The number of fused-ring (bicyclic) bond motifs is 3. The number of amides is 3. The first kappa shape index (κ1) is 23.9. The zero-order valence-corrected chi connectivity index (χ0v) is 20.9. The van der Waals surface area contributed by atoms with Crippen LogP contribution in [0.1, 0.15) is 40.0 Å². The Labute approximate surface area is 219 Å². The number of hydrogen-bond donors (Lipinski definition) is 3. The lowest BCUT2D eigenvalue weighted by molar-refractivity contribution is -0.124. The van der Waals surface area contributed by atoms with Gasteiger partial charge in [0.2, 0.25) is 5.91 Å². The molecule has 2 aliphatic heterocycles. The molecule has 1 aromatic heterocycles. The molecule has 3 heterocycles. The molecular formula is C29H27N5O4. The largest absolute Gasteiger partial charge is 0.381 e. The molecule has 3 aliphatic rings. The third kappa shape index (κ3) is 4.10. The van der Waals surface area contributed by atoms with Crippen LogP contribution in [0.25, 0.3) is 5.57 Å². The number of nitrogens with one attached hydrogen (secondary N) is 3. The van der Waals surface area contributed by atoms with E-state index in [1.165, 1.54) is 16.4 Å². The summed E-state index contributed by atoms with van der Waals surface area (Å²) in [4.78, 5) is 39.1. The standard InChI is InChI=1S/C29H27N5O4/c1-34-25(10-13-30-34)27(36)32-23(9-6-19-16-18-4-2-3-5-21(18)19)26(35)31-20-7-8-22-24(17-20)33-28(37)29(22)11-14-38-15-12-29/h2-10,13,17H,11-12,14-16H2,1H3,(H,31,35)(H,32,36)(H,33,37)/b19-6+,23-9?. The van der Waals surface area contributed by atoms with Crippen LogP contribution in [0.3, 0.4) is 0 Å². The Balaban J connectivity index is 1.26. The maximum Gasteiger partial charge on any atom is 0.274 e. The van der Waals surface area contributed by atoms with E-state index < -0.39 is 17.2 Å². The minimum atomic E-state index is -0.580. The van der Waals surface area contributed by atoms with E-state index in [0.29, 0.717) is 43.1 Å². The molecule has 1 aliphatic carbocycles. The van der Waals surface area contributed by atoms with E-state index in [1.54, 1.807) is 31.3 Å². The number of aryl methyl sites for hydroxylation is 1. The van der Waals surface area contributed by atoms with Crippen molar-refractivity contribution in [2.75, 3.05) is 23.8 Å². The average Bonchev–Trinajstić information content (AvgIpc) is 3.44. The predicted octanol–water partition coefficient (Wildman–Crippen LogP) is 3.31. The summed E-state index contributed by atoms with van der Waals surface area (Å²) in [5.74, 6) is -0.952. The van der Waals surface area contributed by atoms with Gasteiger partial charge in [0, 0.05) is 37.8 Å². The SMILES string of the molecule is Cn1nccc1C(=O)NC(=C/C=C1\Cc2ccccc21)C(=O)Nc1ccc2c(c1)NC(=O)C21CCOCC1. The molecule has 3 aromatic rings. The van der Waals surface area contributed by atoms with Gasteiger partial charge in [0.25, 0.3) is 11.8 Å². The van der Waals surface area contributed by atoms with Gasteiger partial charge < -0.3 is 20.7 Å². The van der Waals surface area contributed by atoms with Gasteiger partial charge in [0.1, 0.15) is 11.4 Å². The molecule has 2 aromatic carbocycles. The van der Waals surface area contributed by atoms with Gasteiger partial charge in [-0.2, -0.15) is 5.10 Å². The number of hydrogen-bond acceptors (Lipinski definition) is 5. The molecule has 0 atom stereocenters. The van der Waals surface area contributed by atoms with E-state index in [2.05, 4.69) is 27.1 Å². The van der Waals surface area contributed by atoms with Crippen molar-refractivity contribution in [3.8, 4) is 0 Å². The van der Waals surface area contributed by atoms with E-state index >= 15 is 0 Å². The Morgan fingerprint density at radius 3 is 2.71 bits per heavy atom. The summed E-state index contributed by atoms with van der Waals surface area (Å²) < 4.78 is 6.92. The van der Waals surface area contributed by atoms with Gasteiger partial charge in [0.15, 0.2) is 0 Å². The van der Waals surface area contributed by atoms with Crippen LogP contribution in [0.5, 0.6) is 0 Å². The van der Waals surface area contributed by atoms with E-state index in [4.69, 9.17) is 4.74 Å². The summed E-state index contributed by atoms with van der Waals surface area (Å²) >= 11 is 0. The van der Waals surface area contributed by atoms with Crippen molar-refractivity contribution in [2.24, 2.45) is 7.05 Å². The molecule has 1 fully saturated rings. The minimum Gasteiger partial charge on any atom is -0.381 e. The normalized spacial score (nSPS) is 18.4. The fourth-order valence-corrected chi connectivity index (χ4v) is 5.39. The van der Waals surface area contributed by atoms with Crippen molar-refractivity contribution < 1.29 is 19.1 Å². The average molecular weight is 510 g/mol. The molecule has 1 spiro atoms. The summed E-state index contributed by atoms with van der Waals surface area (Å²) in [6.07, 6.45) is 7.06. The lowest BCUT2D eigenvalue weighted by atomic mass is 9.75. The van der Waals surface area contributed by atoms with Crippen molar-refractivity contribution in [1.82, 2.24) is 15.1 Å². The van der Waals surface area contributed by atoms with Crippen molar-refractivity contribution in [1.29, 1.82) is 0 Å². The van der Waals surface area contributed by atoms with Crippen molar-refractivity contribution in [2.45, 2.75) is 24.7 Å². The number of nitrogens with zero attached hydrogens (tertiary/aromatic N) is 2. The highest BCUT2D eigenvalue weighted by Gasteiger charge is 2.47. The van der Waals surface area contributed by atoms with Crippen molar-refractivity contribution in [3.05, 3.63) is 95.0 Å². The number of benzene rings is 2. The summed E-state index contributed by atoms with van der Waals surface area (Å²) in [5.41, 5.74) is 5.44. The van der Waals surface area contributed by atoms with Gasteiger partial charge in [-0.1, -0.05) is 36.4 Å². The Hall–Kier alpha value is -4.50. The maximum absolute atomic E-state index is 13.4. The topological polar surface area (TPSA) is 114 Å². The monoisotopic (exact) mass is 509 g/mol. The number of carbonyl (C=O) groups excluding carboxylic acids is 3. The van der Waals surface area contributed by atoms with Crippen molar-refractivity contribution >= 4 is 34.7 Å². The maximum atomic E-state index is 13.4. The van der Waals surface area contributed by atoms with Crippen molar-refractivity contribution in [3.63, 3.8) is 0 Å². The van der Waals surface area contributed by atoms with E-state index in [1.807, 2.05) is 30.3 Å². The molecule has 6 rings (SSSR count). The highest BCUT2D eigenvalue weighted by Crippen LogP contribution is 2.45. The number of aromatic nitrogens is 2. The molecule has 38 heavy (non-hydrogen) atoms. The van der Waals surface area contributed by atoms with Gasteiger partial charge in [-0.15, -0.1) is 0 Å². The second-order valence-electron chi connectivity index (χ2n) is 9.76. The van der Waals surface area contributed by atoms with Crippen LogP contribution in [0, 0.1) is 0 Å². The summed E-state index contributed by atoms with van der Waals surface area (Å²) in [6, 6.07) is 15.1. The molecule has 0 saturated carbocycles. The first-order valence-corrected chi connectivity index (χ1v) is 12.6. The molecule has 9 nitrogen and oxygen atoms in total. The van der Waals surface area contributed by atoms with Crippen LogP contribution in [0.2, 0.25) is 0 Å². The van der Waals surface area contributed by atoms with Gasteiger partial charge in [0.05, 0.1) is 5.41 Å². The number of ether oxygens (including phenoxy) is 1. The fraction of sp³-hybridized carbons (Fsp3) is 0.241. The molecule has 0 unspecified atom stereocenters. The third-order valence-corrected chi connectivity index (χ3v) is 7.56. The number of anilines is 2. The Bertz CT molecular complexity index is 1530. The van der Waals surface area contributed by atoms with E-state index in [-0.39, 0.29) is 11.6 Å². The Morgan fingerprint density at radius 1 is 1.13 bits per heavy atom. The van der Waals surface area contributed by atoms with Gasteiger partial charge in [-0.05, 0) is 65.8 Å². The first-order valence-electron chi connectivity index (χ1n) is 12.6. The molecule has 0 radical (unpaired) electrons. The highest BCUT2D eigenvalue weighted by molar-refractivity contribution is 6.10. The fourth-order valence-electron chi connectivity index (χ4n) is 5.39. The molecular weight excluding hydrogens is 482 g/mol. The zero-order valence-electron chi connectivity index (χ0n) is 20.9. The second kappa shape index (κ2) is 9.42. The molecule has 192 valence electrons.